The minimum Gasteiger partial charge on any atom is -0.346 e. The summed E-state index contributed by atoms with van der Waals surface area (Å²) in [5.41, 5.74) is 0. The molecule has 5 nitrogen and oxygen atoms in total. The second-order valence-corrected chi connectivity index (χ2v) is 2.24. The molecule has 0 aliphatic heterocycles. The minimum absolute atomic E-state index is 0.161. The van der Waals surface area contributed by atoms with Crippen molar-refractivity contribution < 1.29 is 4.79 Å². The van der Waals surface area contributed by atoms with Gasteiger partial charge in [-0.3, -0.25) is 9.89 Å². The van der Waals surface area contributed by atoms with E-state index in [9.17, 15) is 4.79 Å². The summed E-state index contributed by atoms with van der Waals surface area (Å²) in [6.45, 7) is 5.62. The van der Waals surface area contributed by atoms with Crippen LogP contribution in [0.15, 0.2) is 12.7 Å². The molecule has 1 aromatic heterocycles. The summed E-state index contributed by atoms with van der Waals surface area (Å²) in [5, 5.41) is 8.82. The van der Waals surface area contributed by atoms with Crippen LogP contribution >= 0.6 is 0 Å². The molecule has 5 heteroatoms. The quantitative estimate of drug-likeness (QED) is 0.622. The van der Waals surface area contributed by atoms with Gasteiger partial charge in [-0.25, -0.2) is 4.98 Å². The smallest absolute Gasteiger partial charge is 0.291 e. The van der Waals surface area contributed by atoms with Crippen LogP contribution in [-0.2, 0) is 0 Å². The number of hydrogen-bond donors (Lipinski definition) is 2. The molecule has 0 saturated carbocycles. The molecule has 1 heterocycles. The number of H-pyrrole nitrogens is 1. The monoisotopic (exact) mass is 166 g/mol. The largest absolute Gasteiger partial charge is 0.346 e. The van der Waals surface area contributed by atoms with Gasteiger partial charge in [0.15, 0.2) is 0 Å². The summed E-state index contributed by atoms with van der Waals surface area (Å²) < 4.78 is 0. The van der Waals surface area contributed by atoms with Crippen LogP contribution in [0, 0.1) is 6.92 Å². The van der Waals surface area contributed by atoms with Gasteiger partial charge in [0.1, 0.15) is 5.82 Å². The number of aryl methyl sites for hydroxylation is 1. The van der Waals surface area contributed by atoms with Crippen LogP contribution in [0.3, 0.4) is 0 Å². The molecule has 1 aromatic rings. The van der Waals surface area contributed by atoms with E-state index in [4.69, 9.17) is 0 Å². The van der Waals surface area contributed by atoms with Crippen molar-refractivity contribution in [3.8, 4) is 0 Å². The Morgan fingerprint density at radius 2 is 2.58 bits per heavy atom. The minimum atomic E-state index is -0.292. The summed E-state index contributed by atoms with van der Waals surface area (Å²) in [6.07, 6.45) is 1.59. The number of hydrogen-bond acceptors (Lipinski definition) is 3. The van der Waals surface area contributed by atoms with Gasteiger partial charge in [0, 0.05) is 6.54 Å². The second kappa shape index (κ2) is 3.66. The van der Waals surface area contributed by atoms with E-state index >= 15 is 0 Å². The molecule has 0 radical (unpaired) electrons. The first kappa shape index (κ1) is 8.45. The van der Waals surface area contributed by atoms with Gasteiger partial charge < -0.3 is 5.32 Å². The van der Waals surface area contributed by atoms with E-state index in [1.807, 2.05) is 0 Å². The Labute approximate surface area is 69.9 Å². The van der Waals surface area contributed by atoms with Gasteiger partial charge in [-0.05, 0) is 6.92 Å². The Balaban J connectivity index is 2.59. The summed E-state index contributed by atoms with van der Waals surface area (Å²) in [4.78, 5) is 15.0. The van der Waals surface area contributed by atoms with Crippen molar-refractivity contribution in [2.75, 3.05) is 6.54 Å². The predicted octanol–water partition coefficient (Wildman–Crippen LogP) is 0.0289. The number of rotatable bonds is 3. The molecule has 0 aliphatic rings. The molecule has 64 valence electrons. The zero-order chi connectivity index (χ0) is 8.97. The number of nitrogens with one attached hydrogen (secondary N) is 2. The molecular formula is C7H10N4O. The Morgan fingerprint density at radius 1 is 1.83 bits per heavy atom. The lowest BCUT2D eigenvalue weighted by molar-refractivity contribution is 0.0948. The third-order valence-electron chi connectivity index (χ3n) is 1.21. The fraction of sp³-hybridized carbons (Fsp3) is 0.286. The average molecular weight is 166 g/mol. The third-order valence-corrected chi connectivity index (χ3v) is 1.21. The first-order valence-electron chi connectivity index (χ1n) is 3.52. The van der Waals surface area contributed by atoms with Crippen molar-refractivity contribution in [1.29, 1.82) is 0 Å². The molecule has 0 spiro atoms. The van der Waals surface area contributed by atoms with Crippen molar-refractivity contribution in [3.05, 3.63) is 24.3 Å². The van der Waals surface area contributed by atoms with Crippen LogP contribution in [0.1, 0.15) is 16.4 Å². The topological polar surface area (TPSA) is 70.7 Å². The van der Waals surface area contributed by atoms with Gasteiger partial charge in [-0.1, -0.05) is 6.08 Å². The maximum Gasteiger partial charge on any atom is 0.291 e. The molecule has 0 bridgehead atoms. The number of carbonyl (C=O) groups is 1. The highest BCUT2D eigenvalue weighted by atomic mass is 16.2. The van der Waals surface area contributed by atoms with Crippen molar-refractivity contribution >= 4 is 5.91 Å². The van der Waals surface area contributed by atoms with E-state index in [1.165, 1.54) is 0 Å². The van der Waals surface area contributed by atoms with Gasteiger partial charge >= 0.3 is 0 Å². The fourth-order valence-electron chi connectivity index (χ4n) is 0.688. The van der Waals surface area contributed by atoms with Crippen LogP contribution in [0.5, 0.6) is 0 Å². The molecule has 1 rings (SSSR count). The van der Waals surface area contributed by atoms with E-state index in [2.05, 4.69) is 27.1 Å². The van der Waals surface area contributed by atoms with Crippen molar-refractivity contribution in [2.45, 2.75) is 6.92 Å². The molecule has 0 aliphatic carbocycles. The van der Waals surface area contributed by atoms with Crippen molar-refractivity contribution in [3.63, 3.8) is 0 Å². The summed E-state index contributed by atoms with van der Waals surface area (Å²) in [6, 6.07) is 0. The van der Waals surface area contributed by atoms with E-state index in [0.717, 1.165) is 0 Å². The van der Waals surface area contributed by atoms with Crippen LogP contribution in [0.2, 0.25) is 0 Å². The number of amides is 1. The van der Waals surface area contributed by atoms with E-state index in [-0.39, 0.29) is 11.7 Å². The first-order valence-corrected chi connectivity index (χ1v) is 3.52. The zero-order valence-electron chi connectivity index (χ0n) is 6.79. The lowest BCUT2D eigenvalue weighted by Crippen LogP contribution is -2.24. The summed E-state index contributed by atoms with van der Waals surface area (Å²) in [7, 11) is 0. The molecule has 0 saturated heterocycles. The van der Waals surface area contributed by atoms with E-state index in [1.54, 1.807) is 13.0 Å². The van der Waals surface area contributed by atoms with Crippen molar-refractivity contribution in [2.24, 2.45) is 0 Å². The highest BCUT2D eigenvalue weighted by Crippen LogP contribution is 1.89. The Bertz CT molecular complexity index is 291. The van der Waals surface area contributed by atoms with Crippen molar-refractivity contribution in [1.82, 2.24) is 20.5 Å². The van der Waals surface area contributed by atoms with Crippen LogP contribution < -0.4 is 5.32 Å². The molecule has 0 fully saturated rings. The van der Waals surface area contributed by atoms with Gasteiger partial charge in [0.2, 0.25) is 5.82 Å². The SMILES string of the molecule is C=CCNC(=O)c1n[nH]c(C)n1. The molecule has 2 N–H and O–H groups in total. The summed E-state index contributed by atoms with van der Waals surface area (Å²) >= 11 is 0. The second-order valence-electron chi connectivity index (χ2n) is 2.24. The van der Waals surface area contributed by atoms with Crippen LogP contribution in [-0.4, -0.2) is 27.6 Å². The van der Waals surface area contributed by atoms with Gasteiger partial charge in [-0.15, -0.1) is 11.7 Å². The maximum atomic E-state index is 11.1. The van der Waals surface area contributed by atoms with Gasteiger partial charge in [-0.2, -0.15) is 0 Å². The Kier molecular flexibility index (Phi) is 2.57. The van der Waals surface area contributed by atoms with Crippen LogP contribution in [0.4, 0.5) is 0 Å². The Hall–Kier alpha value is -1.65. The highest BCUT2D eigenvalue weighted by molar-refractivity contribution is 5.90. The molecule has 1 amide bonds. The normalized spacial score (nSPS) is 9.42. The summed E-state index contributed by atoms with van der Waals surface area (Å²) in [5.74, 6) is 0.493. The lowest BCUT2D eigenvalue weighted by Gasteiger charge is -1.94. The zero-order valence-corrected chi connectivity index (χ0v) is 6.79. The fourth-order valence-corrected chi connectivity index (χ4v) is 0.688. The Morgan fingerprint density at radius 3 is 3.08 bits per heavy atom. The highest BCUT2D eigenvalue weighted by Gasteiger charge is 2.08. The number of aromatic amines is 1. The molecule has 12 heavy (non-hydrogen) atoms. The lowest BCUT2D eigenvalue weighted by atomic mass is 10.5. The molecular weight excluding hydrogens is 156 g/mol. The van der Waals surface area contributed by atoms with Gasteiger partial charge in [0.05, 0.1) is 0 Å². The average Bonchev–Trinajstić information content (AvgIpc) is 2.47. The third kappa shape index (κ3) is 1.91. The molecule has 0 atom stereocenters. The number of carbonyl (C=O) groups excluding carboxylic acids is 1. The molecule has 0 aromatic carbocycles. The van der Waals surface area contributed by atoms with E-state index < -0.39 is 0 Å². The predicted molar refractivity (Wildman–Crippen MR) is 43.6 cm³/mol. The molecule has 0 unspecified atom stereocenters. The van der Waals surface area contributed by atoms with E-state index in [0.29, 0.717) is 12.4 Å². The number of nitrogens with zero attached hydrogens (tertiary/aromatic N) is 2. The number of aromatic nitrogens is 3. The maximum absolute atomic E-state index is 11.1. The standard InChI is InChI=1S/C7H10N4O/c1-3-4-8-7(12)6-9-5(2)10-11-6/h3H,1,4H2,2H3,(H,8,12)(H,9,10,11). The van der Waals surface area contributed by atoms with Gasteiger partial charge in [0.25, 0.3) is 5.91 Å². The van der Waals surface area contributed by atoms with Crippen LogP contribution in [0.25, 0.3) is 0 Å². The first-order chi connectivity index (χ1) is 5.74.